The van der Waals surface area contributed by atoms with Gasteiger partial charge in [0.05, 0.1) is 17.1 Å². The van der Waals surface area contributed by atoms with Gasteiger partial charge in [-0.05, 0) is 31.5 Å². The number of nitrogens with zero attached hydrogens (tertiary/aromatic N) is 1. The summed E-state index contributed by atoms with van der Waals surface area (Å²) in [6.45, 7) is 4.71. The van der Waals surface area contributed by atoms with E-state index in [0.717, 1.165) is 38.7 Å². The van der Waals surface area contributed by atoms with Gasteiger partial charge < -0.3 is 5.32 Å². The van der Waals surface area contributed by atoms with Crippen molar-refractivity contribution in [2.45, 2.75) is 20.4 Å². The van der Waals surface area contributed by atoms with Crippen LogP contribution in [0, 0.1) is 13.8 Å². The molecule has 0 saturated carbocycles. The number of H-pyrrole nitrogens is 1. The Labute approximate surface area is 114 Å². The highest BCUT2D eigenvalue weighted by Crippen LogP contribution is 2.23. The highest BCUT2D eigenvalue weighted by atomic mass is 79.9. The second-order valence-electron chi connectivity index (χ2n) is 3.90. The average Bonchev–Trinajstić information content (AvgIpc) is 2.58. The summed E-state index contributed by atoms with van der Waals surface area (Å²) in [5.74, 6) is 0. The van der Waals surface area contributed by atoms with Gasteiger partial charge in [0.25, 0.3) is 0 Å². The molecule has 0 spiro atoms. The molecule has 0 amide bonds. The van der Waals surface area contributed by atoms with E-state index in [1.54, 1.807) is 0 Å². The number of hydrogen-bond donors (Lipinski definition) is 2. The van der Waals surface area contributed by atoms with Gasteiger partial charge in [-0.3, -0.25) is 5.10 Å². The van der Waals surface area contributed by atoms with E-state index >= 15 is 0 Å². The predicted octanol–water partition coefficient (Wildman–Crippen LogP) is 4.05. The molecule has 3 nitrogen and oxygen atoms in total. The standard InChI is InChI=1S/C12H13BrClN3/c1-7-12(8(2)17-16-7)15-6-9-3-4-10(14)5-11(9)13/h3-5,15H,6H2,1-2H3,(H,16,17). The molecule has 0 unspecified atom stereocenters. The number of aryl methyl sites for hydroxylation is 2. The quantitative estimate of drug-likeness (QED) is 0.897. The zero-order valence-electron chi connectivity index (χ0n) is 9.64. The van der Waals surface area contributed by atoms with Crippen LogP contribution < -0.4 is 5.32 Å². The first-order valence-corrected chi connectivity index (χ1v) is 6.44. The Kier molecular flexibility index (Phi) is 3.74. The lowest BCUT2D eigenvalue weighted by molar-refractivity contribution is 1.02. The number of benzene rings is 1. The summed E-state index contributed by atoms with van der Waals surface area (Å²) in [7, 11) is 0. The lowest BCUT2D eigenvalue weighted by Crippen LogP contribution is -2.01. The Bertz CT molecular complexity index is 517. The van der Waals surface area contributed by atoms with Gasteiger partial charge in [0.15, 0.2) is 0 Å². The summed E-state index contributed by atoms with van der Waals surface area (Å²) < 4.78 is 1.01. The monoisotopic (exact) mass is 313 g/mol. The molecule has 0 atom stereocenters. The van der Waals surface area contributed by atoms with Gasteiger partial charge in [0.1, 0.15) is 0 Å². The molecule has 0 radical (unpaired) electrons. The van der Waals surface area contributed by atoms with Crippen LogP contribution in [0.3, 0.4) is 0 Å². The highest BCUT2D eigenvalue weighted by molar-refractivity contribution is 9.10. The van der Waals surface area contributed by atoms with Crippen LogP contribution in [0.4, 0.5) is 5.69 Å². The van der Waals surface area contributed by atoms with Crippen LogP contribution in [-0.2, 0) is 6.54 Å². The van der Waals surface area contributed by atoms with E-state index in [0.29, 0.717) is 0 Å². The molecular weight excluding hydrogens is 302 g/mol. The molecule has 0 saturated heterocycles. The molecule has 1 aromatic heterocycles. The van der Waals surface area contributed by atoms with Crippen LogP contribution in [0.5, 0.6) is 0 Å². The third kappa shape index (κ3) is 2.82. The fourth-order valence-corrected chi connectivity index (χ4v) is 2.48. The number of nitrogens with one attached hydrogen (secondary N) is 2. The molecule has 0 fully saturated rings. The van der Waals surface area contributed by atoms with Gasteiger partial charge in [-0.1, -0.05) is 33.6 Å². The minimum atomic E-state index is 0.733. The highest BCUT2D eigenvalue weighted by Gasteiger charge is 2.06. The maximum Gasteiger partial charge on any atom is 0.0825 e. The van der Waals surface area contributed by atoms with E-state index < -0.39 is 0 Å². The van der Waals surface area contributed by atoms with Crippen LogP contribution in [0.25, 0.3) is 0 Å². The molecule has 5 heteroatoms. The first-order valence-electron chi connectivity index (χ1n) is 5.27. The molecule has 0 aliphatic rings. The van der Waals surface area contributed by atoms with E-state index in [9.17, 15) is 0 Å². The van der Waals surface area contributed by atoms with E-state index in [4.69, 9.17) is 11.6 Å². The maximum atomic E-state index is 5.90. The van der Waals surface area contributed by atoms with Gasteiger partial charge >= 0.3 is 0 Å². The number of hydrogen-bond acceptors (Lipinski definition) is 2. The van der Waals surface area contributed by atoms with E-state index in [-0.39, 0.29) is 0 Å². The summed E-state index contributed by atoms with van der Waals surface area (Å²) >= 11 is 9.40. The van der Waals surface area contributed by atoms with Crippen molar-refractivity contribution in [1.82, 2.24) is 10.2 Å². The smallest absolute Gasteiger partial charge is 0.0825 e. The summed E-state index contributed by atoms with van der Waals surface area (Å²) in [6, 6.07) is 5.79. The molecule has 0 aliphatic carbocycles. The molecule has 0 aliphatic heterocycles. The fourth-order valence-electron chi connectivity index (χ4n) is 1.66. The van der Waals surface area contributed by atoms with E-state index in [1.165, 1.54) is 0 Å². The van der Waals surface area contributed by atoms with Crippen LogP contribution >= 0.6 is 27.5 Å². The Morgan fingerprint density at radius 2 is 2.18 bits per heavy atom. The number of aromatic amines is 1. The average molecular weight is 315 g/mol. The van der Waals surface area contributed by atoms with E-state index in [2.05, 4.69) is 31.4 Å². The van der Waals surface area contributed by atoms with Crippen molar-refractivity contribution in [2.24, 2.45) is 0 Å². The first-order chi connectivity index (χ1) is 8.08. The Morgan fingerprint density at radius 1 is 1.41 bits per heavy atom. The Morgan fingerprint density at radius 3 is 2.76 bits per heavy atom. The van der Waals surface area contributed by atoms with E-state index in [1.807, 2.05) is 32.0 Å². The Balaban J connectivity index is 2.13. The van der Waals surface area contributed by atoms with Crippen LogP contribution in [0.15, 0.2) is 22.7 Å². The number of halogens is 2. The molecule has 2 N–H and O–H groups in total. The third-order valence-corrected chi connectivity index (χ3v) is 3.57. The zero-order chi connectivity index (χ0) is 12.4. The maximum absolute atomic E-state index is 5.90. The molecule has 0 bridgehead atoms. The predicted molar refractivity (Wildman–Crippen MR) is 74.5 cm³/mol. The SMILES string of the molecule is Cc1n[nH]c(C)c1NCc1ccc(Cl)cc1Br. The summed E-state index contributed by atoms with van der Waals surface area (Å²) in [6.07, 6.45) is 0. The topological polar surface area (TPSA) is 40.7 Å². The molecule has 1 heterocycles. The summed E-state index contributed by atoms with van der Waals surface area (Å²) in [5, 5.41) is 11.2. The molecule has 17 heavy (non-hydrogen) atoms. The van der Waals surface area contributed by atoms with Gasteiger partial charge in [0.2, 0.25) is 0 Å². The minimum absolute atomic E-state index is 0.733. The van der Waals surface area contributed by atoms with Gasteiger partial charge in [-0.25, -0.2) is 0 Å². The number of rotatable bonds is 3. The van der Waals surface area contributed by atoms with Crippen LogP contribution in [-0.4, -0.2) is 10.2 Å². The van der Waals surface area contributed by atoms with Crippen molar-refractivity contribution in [2.75, 3.05) is 5.32 Å². The van der Waals surface area contributed by atoms with Gasteiger partial charge in [0, 0.05) is 16.0 Å². The zero-order valence-corrected chi connectivity index (χ0v) is 12.0. The first kappa shape index (κ1) is 12.5. The molecule has 2 rings (SSSR count). The lowest BCUT2D eigenvalue weighted by Gasteiger charge is -2.08. The van der Waals surface area contributed by atoms with Crippen molar-refractivity contribution < 1.29 is 0 Å². The third-order valence-electron chi connectivity index (χ3n) is 2.60. The fraction of sp³-hybridized carbons (Fsp3) is 0.250. The van der Waals surface area contributed by atoms with Gasteiger partial charge in [-0.2, -0.15) is 5.10 Å². The van der Waals surface area contributed by atoms with Crippen molar-refractivity contribution in [3.63, 3.8) is 0 Å². The largest absolute Gasteiger partial charge is 0.378 e. The molecule has 1 aromatic carbocycles. The molecule has 2 aromatic rings. The minimum Gasteiger partial charge on any atom is -0.378 e. The van der Waals surface area contributed by atoms with Gasteiger partial charge in [-0.15, -0.1) is 0 Å². The Hall–Kier alpha value is -1.000. The number of anilines is 1. The second-order valence-corrected chi connectivity index (χ2v) is 5.19. The molecule has 90 valence electrons. The summed E-state index contributed by atoms with van der Waals surface area (Å²) in [5.41, 5.74) is 4.25. The van der Waals surface area contributed by atoms with Crippen molar-refractivity contribution >= 4 is 33.2 Å². The van der Waals surface area contributed by atoms with Crippen molar-refractivity contribution in [1.29, 1.82) is 0 Å². The lowest BCUT2D eigenvalue weighted by atomic mass is 10.2. The van der Waals surface area contributed by atoms with Crippen LogP contribution in [0.1, 0.15) is 17.0 Å². The van der Waals surface area contributed by atoms with Crippen LogP contribution in [0.2, 0.25) is 5.02 Å². The molecular formula is C12H13BrClN3. The normalized spacial score (nSPS) is 10.6. The number of aromatic nitrogens is 2. The van der Waals surface area contributed by atoms with Crippen molar-refractivity contribution in [3.05, 3.63) is 44.6 Å². The van der Waals surface area contributed by atoms with Crippen molar-refractivity contribution in [3.8, 4) is 0 Å². The summed E-state index contributed by atoms with van der Waals surface area (Å²) in [4.78, 5) is 0. The second kappa shape index (κ2) is 5.10.